The Bertz CT molecular complexity index is 1350. The van der Waals surface area contributed by atoms with E-state index in [1.54, 1.807) is 9.58 Å². The molecule has 5 rings (SSSR count). The normalized spacial score (nSPS) is 16.0. The zero-order valence-corrected chi connectivity index (χ0v) is 19.0. The van der Waals surface area contributed by atoms with Gasteiger partial charge in [-0.15, -0.1) is 0 Å². The van der Waals surface area contributed by atoms with Crippen molar-refractivity contribution in [3.8, 4) is 11.3 Å². The van der Waals surface area contributed by atoms with Gasteiger partial charge in [0.1, 0.15) is 11.5 Å². The summed E-state index contributed by atoms with van der Waals surface area (Å²) in [5.41, 5.74) is 8.73. The Hall–Kier alpha value is -3.70. The summed E-state index contributed by atoms with van der Waals surface area (Å²) in [4.78, 5) is 30.8. The minimum Gasteiger partial charge on any atom is -0.365 e. The van der Waals surface area contributed by atoms with Crippen LogP contribution in [0.2, 0.25) is 5.02 Å². The fourth-order valence-electron chi connectivity index (χ4n) is 4.44. The number of nitrogens with zero attached hydrogens (tertiary/aromatic N) is 4. The highest BCUT2D eigenvalue weighted by molar-refractivity contribution is 6.31. The molecule has 7 nitrogen and oxygen atoms in total. The van der Waals surface area contributed by atoms with Crippen molar-refractivity contribution in [2.75, 3.05) is 6.54 Å². The highest BCUT2D eigenvalue weighted by Crippen LogP contribution is 2.49. The topological polar surface area (TPSA) is 85.6 Å². The summed E-state index contributed by atoms with van der Waals surface area (Å²) in [6.45, 7) is 8.43. The molecule has 2 aliphatic rings. The van der Waals surface area contributed by atoms with Gasteiger partial charge in [0, 0.05) is 30.5 Å². The first-order valence-corrected chi connectivity index (χ1v) is 11.3. The van der Waals surface area contributed by atoms with Crippen LogP contribution in [-0.4, -0.2) is 33.0 Å². The Morgan fingerprint density at radius 1 is 1.18 bits per heavy atom. The number of hydrogen-bond donors (Lipinski definition) is 1. The van der Waals surface area contributed by atoms with E-state index in [9.17, 15) is 14.0 Å². The van der Waals surface area contributed by atoms with Gasteiger partial charge in [0.2, 0.25) is 5.91 Å². The van der Waals surface area contributed by atoms with Gasteiger partial charge in [-0.1, -0.05) is 35.9 Å². The Morgan fingerprint density at radius 2 is 1.91 bits per heavy atom. The van der Waals surface area contributed by atoms with Crippen molar-refractivity contribution in [2.24, 2.45) is 5.73 Å². The third-order valence-electron chi connectivity index (χ3n) is 6.56. The molecular formula is C25H21ClFN5O2. The number of aromatic nitrogens is 2. The maximum absolute atomic E-state index is 13.6. The smallest absolute Gasteiger partial charge is 0.258 e. The maximum Gasteiger partial charge on any atom is 0.258 e. The van der Waals surface area contributed by atoms with Crippen molar-refractivity contribution in [3.05, 3.63) is 87.1 Å². The maximum atomic E-state index is 13.6. The summed E-state index contributed by atoms with van der Waals surface area (Å²) in [5.74, 6) is -1.31. The van der Waals surface area contributed by atoms with Crippen molar-refractivity contribution >= 4 is 23.4 Å². The van der Waals surface area contributed by atoms with E-state index in [0.29, 0.717) is 30.0 Å². The first-order valence-electron chi connectivity index (χ1n) is 10.9. The van der Waals surface area contributed by atoms with Gasteiger partial charge in [-0.05, 0) is 23.8 Å². The summed E-state index contributed by atoms with van der Waals surface area (Å²) in [7, 11) is 0. The van der Waals surface area contributed by atoms with E-state index in [2.05, 4.69) is 9.94 Å². The van der Waals surface area contributed by atoms with Gasteiger partial charge < -0.3 is 15.5 Å². The lowest BCUT2D eigenvalue weighted by Gasteiger charge is -2.28. The second-order valence-electron chi connectivity index (χ2n) is 8.72. The van der Waals surface area contributed by atoms with E-state index in [-0.39, 0.29) is 35.0 Å². The van der Waals surface area contributed by atoms with Crippen molar-refractivity contribution in [1.82, 2.24) is 14.7 Å². The average molecular weight is 478 g/mol. The molecule has 1 aliphatic heterocycles. The standard InChI is InChI=1S/C25H21ClFN5O2/c1-29-25(8-9-25)17-5-2-15(3-6-17)12-21(33)31-10-11-32-20(14-31)22(24(28)34)23(30-32)16-4-7-19(27)18(26)13-16/h2-7,13H,8-12,14H2,(H2,28,34). The number of primary amides is 1. The molecule has 9 heteroatoms. The van der Waals surface area contributed by atoms with Crippen LogP contribution in [0.15, 0.2) is 42.5 Å². The van der Waals surface area contributed by atoms with Crippen LogP contribution >= 0.6 is 11.6 Å². The molecule has 2 heterocycles. The number of halogens is 2. The number of carbonyl (C=O) groups is 2. The van der Waals surface area contributed by atoms with Crippen LogP contribution in [0.4, 0.5) is 4.39 Å². The Morgan fingerprint density at radius 3 is 2.53 bits per heavy atom. The molecule has 0 radical (unpaired) electrons. The van der Waals surface area contributed by atoms with Gasteiger partial charge >= 0.3 is 0 Å². The Labute approximate surface area is 200 Å². The van der Waals surface area contributed by atoms with E-state index < -0.39 is 11.7 Å². The average Bonchev–Trinajstić information content (AvgIpc) is 3.53. The molecule has 0 bridgehead atoms. The second-order valence-corrected chi connectivity index (χ2v) is 9.13. The van der Waals surface area contributed by atoms with Crippen LogP contribution in [0.25, 0.3) is 16.1 Å². The van der Waals surface area contributed by atoms with Crippen molar-refractivity contribution in [1.29, 1.82) is 0 Å². The monoisotopic (exact) mass is 477 g/mol. The van der Waals surface area contributed by atoms with Gasteiger partial charge in [-0.3, -0.25) is 14.3 Å². The van der Waals surface area contributed by atoms with E-state index in [0.717, 1.165) is 24.0 Å². The minimum absolute atomic E-state index is 0.0756. The summed E-state index contributed by atoms with van der Waals surface area (Å²) in [6, 6.07) is 11.8. The Balaban J connectivity index is 1.36. The van der Waals surface area contributed by atoms with Crippen molar-refractivity contribution in [3.63, 3.8) is 0 Å². The molecule has 0 unspecified atom stereocenters. The highest BCUT2D eigenvalue weighted by atomic mass is 35.5. The number of hydrogen-bond acceptors (Lipinski definition) is 3. The number of rotatable bonds is 5. The molecule has 0 saturated heterocycles. The van der Waals surface area contributed by atoms with Crippen LogP contribution in [0.1, 0.15) is 40.0 Å². The first-order chi connectivity index (χ1) is 16.3. The van der Waals surface area contributed by atoms with Gasteiger partial charge in [0.25, 0.3) is 11.4 Å². The quantitative estimate of drug-likeness (QED) is 0.565. The molecule has 1 aromatic heterocycles. The largest absolute Gasteiger partial charge is 0.365 e. The lowest BCUT2D eigenvalue weighted by molar-refractivity contribution is -0.132. The Kier molecular flexibility index (Phi) is 5.37. The summed E-state index contributed by atoms with van der Waals surface area (Å²) >= 11 is 5.92. The SMILES string of the molecule is [C-]#[N+]C1(c2ccc(CC(=O)N3CCn4nc(-c5ccc(F)c(Cl)c5)c(C(N)=O)c4C3)cc2)CC1. The lowest BCUT2D eigenvalue weighted by Crippen LogP contribution is -2.40. The number of carbonyl (C=O) groups excluding carboxylic acids is 2. The number of nitrogens with two attached hydrogens (primary N) is 1. The molecule has 0 atom stereocenters. The molecule has 2 amide bonds. The molecule has 1 saturated carbocycles. The van der Waals surface area contributed by atoms with Crippen LogP contribution in [-0.2, 0) is 29.8 Å². The fraction of sp³-hybridized carbons (Fsp3) is 0.280. The van der Waals surface area contributed by atoms with Gasteiger partial charge in [-0.2, -0.15) is 5.10 Å². The molecule has 1 aliphatic carbocycles. The van der Waals surface area contributed by atoms with Crippen molar-refractivity contribution < 1.29 is 14.0 Å². The highest BCUT2D eigenvalue weighted by Gasteiger charge is 2.52. The van der Waals surface area contributed by atoms with Crippen LogP contribution in [0.3, 0.4) is 0 Å². The van der Waals surface area contributed by atoms with Gasteiger partial charge in [0.15, 0.2) is 0 Å². The summed E-state index contributed by atoms with van der Waals surface area (Å²) in [6.07, 6.45) is 1.97. The third-order valence-corrected chi connectivity index (χ3v) is 6.85. The van der Waals surface area contributed by atoms with E-state index in [4.69, 9.17) is 23.9 Å². The molecule has 2 aromatic carbocycles. The molecule has 172 valence electrons. The third kappa shape index (κ3) is 3.82. The molecule has 3 aromatic rings. The zero-order valence-electron chi connectivity index (χ0n) is 18.2. The van der Waals surface area contributed by atoms with Crippen LogP contribution in [0.5, 0.6) is 0 Å². The predicted octanol–water partition coefficient (Wildman–Crippen LogP) is 3.93. The molecule has 2 N–H and O–H groups in total. The number of amides is 2. The zero-order chi connectivity index (χ0) is 24.0. The van der Waals surface area contributed by atoms with Crippen LogP contribution in [0, 0.1) is 12.4 Å². The first kappa shape index (κ1) is 22.1. The number of benzene rings is 2. The number of fused-ring (bicyclic) bond motifs is 1. The molecule has 34 heavy (non-hydrogen) atoms. The fourth-order valence-corrected chi connectivity index (χ4v) is 4.62. The van der Waals surface area contributed by atoms with E-state index in [1.807, 2.05) is 24.3 Å². The van der Waals surface area contributed by atoms with E-state index in [1.165, 1.54) is 18.2 Å². The predicted molar refractivity (Wildman–Crippen MR) is 124 cm³/mol. The second kappa shape index (κ2) is 8.26. The summed E-state index contributed by atoms with van der Waals surface area (Å²) in [5, 5.41) is 4.43. The summed E-state index contributed by atoms with van der Waals surface area (Å²) < 4.78 is 15.3. The van der Waals surface area contributed by atoms with Crippen molar-refractivity contribution in [2.45, 2.75) is 37.9 Å². The molecular weight excluding hydrogens is 457 g/mol. The van der Waals surface area contributed by atoms with E-state index >= 15 is 0 Å². The van der Waals surface area contributed by atoms with Gasteiger partial charge in [0.05, 0.1) is 35.8 Å². The minimum atomic E-state index is -0.671. The molecule has 1 fully saturated rings. The van der Waals surface area contributed by atoms with Gasteiger partial charge in [-0.25, -0.2) is 11.0 Å². The lowest BCUT2D eigenvalue weighted by atomic mass is 10.0. The molecule has 0 spiro atoms. The van der Waals surface area contributed by atoms with Crippen LogP contribution < -0.4 is 5.73 Å².